The molecule has 0 amide bonds. The van der Waals surface area contributed by atoms with E-state index in [1.54, 1.807) is 40.0 Å². The summed E-state index contributed by atoms with van der Waals surface area (Å²) >= 11 is 0. The van der Waals surface area contributed by atoms with Gasteiger partial charge in [0.15, 0.2) is 11.9 Å². The van der Waals surface area contributed by atoms with E-state index in [1.165, 1.54) is 13.8 Å². The Morgan fingerprint density at radius 2 is 1.68 bits per heavy atom. The number of hydrogen-bond acceptors (Lipinski definition) is 12. The second kappa shape index (κ2) is 15.8. The molecular weight excluding hydrogens is 648 g/mol. The summed E-state index contributed by atoms with van der Waals surface area (Å²) in [6.07, 6.45) is 2.01. The van der Waals surface area contributed by atoms with Gasteiger partial charge in [-0.2, -0.15) is 0 Å². The molecule has 0 saturated carbocycles. The molecule has 11 unspecified atom stereocenters. The topological polar surface area (TPSA) is 170 Å². The third-order valence-corrected chi connectivity index (χ3v) is 11.2. The summed E-state index contributed by atoms with van der Waals surface area (Å²) < 4.78 is 36.7. The van der Waals surface area contributed by atoms with Crippen LogP contribution >= 0.6 is 0 Å². The first-order valence-corrected chi connectivity index (χ1v) is 18.0. The maximum atomic E-state index is 13.2. The summed E-state index contributed by atoms with van der Waals surface area (Å²) in [5.41, 5.74) is -0.273. The molecule has 4 aliphatic heterocycles. The van der Waals surface area contributed by atoms with Gasteiger partial charge >= 0.3 is 11.9 Å². The molecule has 0 aromatic carbocycles. The van der Waals surface area contributed by atoms with Gasteiger partial charge in [0.1, 0.15) is 6.10 Å². The van der Waals surface area contributed by atoms with E-state index >= 15 is 0 Å². The maximum Gasteiger partial charge on any atom is 0.308 e. The molecule has 0 spiro atoms. The molecule has 3 fully saturated rings. The van der Waals surface area contributed by atoms with Crippen molar-refractivity contribution in [2.24, 2.45) is 10.8 Å². The Morgan fingerprint density at radius 3 is 2.28 bits per heavy atom. The number of esters is 2. The van der Waals surface area contributed by atoms with Crippen LogP contribution in [0.25, 0.3) is 0 Å². The van der Waals surface area contributed by atoms with Crippen LogP contribution in [0.5, 0.6) is 0 Å². The van der Waals surface area contributed by atoms with Crippen LogP contribution in [0.2, 0.25) is 0 Å². The third-order valence-electron chi connectivity index (χ3n) is 11.2. The number of cyclic esters (lactones) is 1. The number of allylic oxidation sites excluding steroid dienone is 2. The molecule has 50 heavy (non-hydrogen) atoms. The molecule has 284 valence electrons. The average molecular weight is 709 g/mol. The van der Waals surface area contributed by atoms with E-state index in [-0.39, 0.29) is 32.1 Å². The van der Waals surface area contributed by atoms with Gasteiger partial charge in [-0.25, -0.2) is 0 Å². The van der Waals surface area contributed by atoms with E-state index in [9.17, 15) is 30.0 Å². The minimum Gasteiger partial charge on any atom is -0.459 e. The summed E-state index contributed by atoms with van der Waals surface area (Å²) in [5.74, 6) is -5.10. The van der Waals surface area contributed by atoms with Gasteiger partial charge in [0.25, 0.3) is 0 Å². The molecule has 0 aromatic heterocycles. The Morgan fingerprint density at radius 1 is 0.980 bits per heavy atom. The molecule has 4 N–H and O–H groups in total. The van der Waals surface area contributed by atoms with Gasteiger partial charge in [0.2, 0.25) is 5.79 Å². The van der Waals surface area contributed by atoms with Crippen molar-refractivity contribution in [2.75, 3.05) is 7.11 Å². The molecule has 11 atom stereocenters. The second-order valence-electron chi connectivity index (χ2n) is 15.7. The highest BCUT2D eigenvalue weighted by Crippen LogP contribution is 2.50. The quantitative estimate of drug-likeness (QED) is 0.244. The summed E-state index contributed by atoms with van der Waals surface area (Å²) in [5, 5.41) is 46.4. The highest BCUT2D eigenvalue weighted by molar-refractivity contribution is 5.70. The maximum absolute atomic E-state index is 13.2. The van der Waals surface area contributed by atoms with Crippen LogP contribution in [-0.4, -0.2) is 106 Å². The normalized spacial score (nSPS) is 42.6. The summed E-state index contributed by atoms with van der Waals surface area (Å²) in [4.78, 5) is 25.5. The van der Waals surface area contributed by atoms with Crippen molar-refractivity contribution in [2.45, 2.75) is 173 Å². The van der Waals surface area contributed by atoms with Gasteiger partial charge in [-0.3, -0.25) is 9.59 Å². The van der Waals surface area contributed by atoms with Crippen LogP contribution in [0.15, 0.2) is 35.5 Å². The van der Waals surface area contributed by atoms with Crippen LogP contribution in [0, 0.1) is 10.8 Å². The molecule has 0 radical (unpaired) electrons. The van der Waals surface area contributed by atoms with E-state index in [4.69, 9.17) is 28.4 Å². The van der Waals surface area contributed by atoms with Gasteiger partial charge in [-0.1, -0.05) is 57.6 Å². The lowest BCUT2D eigenvalue weighted by Crippen LogP contribution is -2.62. The summed E-state index contributed by atoms with van der Waals surface area (Å²) in [6, 6.07) is 0. The van der Waals surface area contributed by atoms with Crippen molar-refractivity contribution in [3.05, 3.63) is 35.5 Å². The lowest BCUT2D eigenvalue weighted by Gasteiger charge is -2.54. The number of ether oxygens (including phenoxy) is 6. The van der Waals surface area contributed by atoms with Crippen LogP contribution in [0.3, 0.4) is 0 Å². The molecular formula is C38H60O12. The van der Waals surface area contributed by atoms with Crippen LogP contribution in [0.1, 0.15) is 107 Å². The van der Waals surface area contributed by atoms with Crippen molar-refractivity contribution < 1.29 is 58.4 Å². The van der Waals surface area contributed by atoms with Gasteiger partial charge in [-0.05, 0) is 45.6 Å². The molecule has 0 aromatic rings. The van der Waals surface area contributed by atoms with Crippen LogP contribution in [0.4, 0.5) is 0 Å². The van der Waals surface area contributed by atoms with E-state index < -0.39 is 89.3 Å². The summed E-state index contributed by atoms with van der Waals surface area (Å²) in [7, 11) is 1.58. The van der Waals surface area contributed by atoms with Crippen LogP contribution in [-0.2, 0) is 38.0 Å². The van der Waals surface area contributed by atoms with Crippen molar-refractivity contribution in [1.82, 2.24) is 0 Å². The lowest BCUT2D eigenvalue weighted by atomic mass is 9.70. The number of aliphatic hydroxyl groups excluding tert-OH is 2. The predicted octanol–water partition coefficient (Wildman–Crippen LogP) is 4.16. The minimum atomic E-state index is -2.07. The largest absolute Gasteiger partial charge is 0.459 e. The van der Waals surface area contributed by atoms with E-state index in [0.717, 1.165) is 5.57 Å². The number of hydrogen-bond donors (Lipinski definition) is 4. The van der Waals surface area contributed by atoms with Crippen molar-refractivity contribution in [3.63, 3.8) is 0 Å². The zero-order chi connectivity index (χ0) is 37.2. The second-order valence-corrected chi connectivity index (χ2v) is 15.7. The zero-order valence-corrected chi connectivity index (χ0v) is 31.2. The first-order valence-electron chi connectivity index (χ1n) is 18.0. The Labute approximate surface area is 296 Å². The monoisotopic (exact) mass is 708 g/mol. The SMILES string of the molecule is CC=C1CC2/C=C/C(C)(C)C3(O)OC(CC(=CC)C3OC(C)=O)CC(C(C)O)OC(=O)CC(O)CC3CC(OC)C(C)(C)C(O)(CC(C1)O2)O3. The average Bonchev–Trinajstić information content (AvgIpc) is 3.01. The van der Waals surface area contributed by atoms with Gasteiger partial charge in [0, 0.05) is 50.5 Å². The Hall–Kier alpha value is -2.16. The van der Waals surface area contributed by atoms with Crippen molar-refractivity contribution in [1.29, 1.82) is 0 Å². The minimum absolute atomic E-state index is 0.0210. The third kappa shape index (κ3) is 8.71. The standard InChI is InChI=1S/C38H60O12/c1-10-24-14-27-12-13-35(5,6)38(44)34(46-23(4)40)25(11-2)16-28(50-38)19-31(22(3)39)48-33(42)18-26(41)17-29-20-32(45-9)36(7,8)37(43,49-29)21-30(15-24)47-27/h10-13,22,26-32,34,39,41,43-44H,14-21H2,1-9H3/b13-12+,24-10?,25-11?. The molecule has 4 heterocycles. The van der Waals surface area contributed by atoms with Gasteiger partial charge in [-0.15, -0.1) is 0 Å². The van der Waals surface area contributed by atoms with Gasteiger partial charge < -0.3 is 48.8 Å². The lowest BCUT2D eigenvalue weighted by molar-refractivity contribution is -0.350. The molecule has 4 rings (SSSR count). The molecule has 12 nitrogen and oxygen atoms in total. The number of fused-ring (bicyclic) bond motifs is 6. The number of methoxy groups -OCH3 is 1. The number of aliphatic hydroxyl groups is 4. The van der Waals surface area contributed by atoms with E-state index in [0.29, 0.717) is 24.8 Å². The Kier molecular flexibility index (Phi) is 12.9. The number of carbonyl (C=O) groups excluding carboxylic acids is 2. The zero-order valence-electron chi connectivity index (χ0n) is 31.2. The van der Waals surface area contributed by atoms with E-state index in [2.05, 4.69) is 0 Å². The molecule has 4 aliphatic rings. The first kappa shape index (κ1) is 40.6. The molecule has 0 aliphatic carbocycles. The predicted molar refractivity (Wildman–Crippen MR) is 183 cm³/mol. The highest BCUT2D eigenvalue weighted by atomic mass is 16.7. The fourth-order valence-electron chi connectivity index (χ4n) is 7.92. The fourth-order valence-corrected chi connectivity index (χ4v) is 7.92. The Balaban J connectivity index is 1.79. The van der Waals surface area contributed by atoms with Crippen molar-refractivity contribution in [3.8, 4) is 0 Å². The highest BCUT2D eigenvalue weighted by Gasteiger charge is 2.58. The summed E-state index contributed by atoms with van der Waals surface area (Å²) in [6.45, 7) is 13.8. The first-order chi connectivity index (χ1) is 23.3. The number of rotatable bonds is 3. The molecule has 6 bridgehead atoms. The smallest absolute Gasteiger partial charge is 0.308 e. The molecule has 3 saturated heterocycles. The van der Waals surface area contributed by atoms with Crippen LogP contribution < -0.4 is 0 Å². The number of carbonyl (C=O) groups is 2. The fraction of sp³-hybridized carbons (Fsp3) is 0.789. The van der Waals surface area contributed by atoms with E-state index in [1.807, 2.05) is 32.9 Å². The van der Waals surface area contributed by atoms with Gasteiger partial charge in [0.05, 0.1) is 49.1 Å². The Bertz CT molecular complexity index is 1300. The van der Waals surface area contributed by atoms with Crippen molar-refractivity contribution >= 4 is 11.9 Å². The molecule has 12 heteroatoms.